The minimum Gasteiger partial charge on any atom is -0.459 e. The number of esters is 1. The van der Waals surface area contributed by atoms with Gasteiger partial charge in [-0.2, -0.15) is 0 Å². The lowest BCUT2D eigenvalue weighted by molar-refractivity contribution is 0.0140. The lowest BCUT2D eigenvalue weighted by atomic mass is 9.85. The molecule has 4 heteroatoms. The second-order valence-electron chi connectivity index (χ2n) is 5.20. The van der Waals surface area contributed by atoms with E-state index >= 15 is 0 Å². The fourth-order valence-corrected chi connectivity index (χ4v) is 2.97. The monoisotopic (exact) mass is 325 g/mol. The van der Waals surface area contributed by atoms with Gasteiger partial charge in [-0.25, -0.2) is 4.79 Å². The molecule has 0 radical (unpaired) electrons. The molecule has 1 aromatic rings. The van der Waals surface area contributed by atoms with Gasteiger partial charge in [0.15, 0.2) is 0 Å². The molecule has 0 spiro atoms. The molecule has 1 aromatic carbocycles. The van der Waals surface area contributed by atoms with Crippen molar-refractivity contribution in [3.63, 3.8) is 0 Å². The summed E-state index contributed by atoms with van der Waals surface area (Å²) in [5, 5.41) is 0. The molecule has 1 saturated carbocycles. The first kappa shape index (κ1) is 14.4. The van der Waals surface area contributed by atoms with Gasteiger partial charge in [-0.15, -0.1) is 0 Å². The summed E-state index contributed by atoms with van der Waals surface area (Å²) in [6.07, 6.45) is 5.64. The standard InChI is InChI=1S/C15H20BrNO2/c1-2-10-4-3-5-12(8-10)19-15(18)11-6-7-14(17)13(16)9-11/h6-7,9-10,12H,2-5,8,17H2,1H3. The SMILES string of the molecule is CCC1CCCC(OC(=O)c2ccc(N)c(Br)c2)C1. The minimum absolute atomic E-state index is 0.0718. The van der Waals surface area contributed by atoms with Crippen molar-refractivity contribution in [2.24, 2.45) is 5.92 Å². The van der Waals surface area contributed by atoms with E-state index in [1.807, 2.05) is 0 Å². The Morgan fingerprint density at radius 1 is 1.47 bits per heavy atom. The highest BCUT2D eigenvalue weighted by atomic mass is 79.9. The van der Waals surface area contributed by atoms with Gasteiger partial charge in [0.05, 0.1) is 5.56 Å². The molecule has 2 N–H and O–H groups in total. The van der Waals surface area contributed by atoms with Gasteiger partial charge in [0.25, 0.3) is 0 Å². The molecule has 2 atom stereocenters. The van der Waals surface area contributed by atoms with Crippen LogP contribution in [-0.2, 0) is 4.74 Å². The lowest BCUT2D eigenvalue weighted by Gasteiger charge is -2.28. The fraction of sp³-hybridized carbons (Fsp3) is 0.533. The van der Waals surface area contributed by atoms with Crippen LogP contribution in [0.5, 0.6) is 0 Å². The van der Waals surface area contributed by atoms with Gasteiger partial charge < -0.3 is 10.5 Å². The molecule has 0 saturated heterocycles. The fourth-order valence-electron chi connectivity index (χ4n) is 2.59. The van der Waals surface area contributed by atoms with E-state index in [4.69, 9.17) is 10.5 Å². The van der Waals surface area contributed by atoms with Gasteiger partial charge in [0, 0.05) is 10.2 Å². The molecule has 104 valence electrons. The van der Waals surface area contributed by atoms with Gasteiger partial charge in [0.1, 0.15) is 6.10 Å². The Labute approximate surface area is 122 Å². The van der Waals surface area contributed by atoms with Crippen molar-refractivity contribution in [3.05, 3.63) is 28.2 Å². The van der Waals surface area contributed by atoms with Crippen molar-refractivity contribution in [2.45, 2.75) is 45.1 Å². The molecule has 0 heterocycles. The molecule has 0 amide bonds. The number of benzene rings is 1. The molecule has 19 heavy (non-hydrogen) atoms. The second kappa shape index (κ2) is 6.42. The van der Waals surface area contributed by atoms with Crippen LogP contribution in [0.25, 0.3) is 0 Å². The molecule has 3 nitrogen and oxygen atoms in total. The Morgan fingerprint density at radius 3 is 2.95 bits per heavy atom. The van der Waals surface area contributed by atoms with Crippen molar-refractivity contribution in [3.8, 4) is 0 Å². The number of hydrogen-bond donors (Lipinski definition) is 1. The Hall–Kier alpha value is -1.03. The summed E-state index contributed by atoms with van der Waals surface area (Å²) in [4.78, 5) is 12.1. The van der Waals surface area contributed by atoms with Crippen LogP contribution in [0.2, 0.25) is 0 Å². The highest BCUT2D eigenvalue weighted by molar-refractivity contribution is 9.10. The summed E-state index contributed by atoms with van der Waals surface area (Å²) in [5.74, 6) is 0.451. The number of carbonyl (C=O) groups excluding carboxylic acids is 1. The maximum absolute atomic E-state index is 12.1. The van der Waals surface area contributed by atoms with Crippen LogP contribution < -0.4 is 5.73 Å². The van der Waals surface area contributed by atoms with Crippen LogP contribution in [0.4, 0.5) is 5.69 Å². The first-order valence-electron chi connectivity index (χ1n) is 6.86. The predicted molar refractivity (Wildman–Crippen MR) is 80.0 cm³/mol. The van der Waals surface area contributed by atoms with E-state index in [-0.39, 0.29) is 12.1 Å². The number of ether oxygens (including phenoxy) is 1. The zero-order valence-corrected chi connectivity index (χ0v) is 12.8. The maximum Gasteiger partial charge on any atom is 0.338 e. The highest BCUT2D eigenvalue weighted by Crippen LogP contribution is 2.29. The summed E-state index contributed by atoms with van der Waals surface area (Å²) in [6.45, 7) is 2.20. The van der Waals surface area contributed by atoms with E-state index in [2.05, 4.69) is 22.9 Å². The van der Waals surface area contributed by atoms with Crippen molar-refractivity contribution in [2.75, 3.05) is 5.73 Å². The third-order valence-electron chi connectivity index (χ3n) is 3.82. The third kappa shape index (κ3) is 3.72. The molecule has 1 fully saturated rings. The van der Waals surface area contributed by atoms with E-state index in [9.17, 15) is 4.79 Å². The largest absolute Gasteiger partial charge is 0.459 e. The van der Waals surface area contributed by atoms with Crippen molar-refractivity contribution >= 4 is 27.6 Å². The molecule has 2 unspecified atom stereocenters. The smallest absolute Gasteiger partial charge is 0.338 e. The van der Waals surface area contributed by atoms with E-state index in [0.29, 0.717) is 17.2 Å². The van der Waals surface area contributed by atoms with E-state index in [1.165, 1.54) is 12.8 Å². The molecule has 0 bridgehead atoms. The number of anilines is 1. The number of halogens is 1. The Morgan fingerprint density at radius 2 is 2.26 bits per heavy atom. The van der Waals surface area contributed by atoms with E-state index in [1.54, 1.807) is 18.2 Å². The van der Waals surface area contributed by atoms with Crippen LogP contribution >= 0.6 is 15.9 Å². The van der Waals surface area contributed by atoms with Gasteiger partial charge >= 0.3 is 5.97 Å². The van der Waals surface area contributed by atoms with E-state index in [0.717, 1.165) is 23.7 Å². The van der Waals surface area contributed by atoms with Crippen molar-refractivity contribution < 1.29 is 9.53 Å². The summed E-state index contributed by atoms with van der Waals surface area (Å²) in [6, 6.07) is 5.15. The Kier molecular flexibility index (Phi) is 4.86. The molecule has 0 aromatic heterocycles. The molecule has 2 rings (SSSR count). The highest BCUT2D eigenvalue weighted by Gasteiger charge is 2.24. The molecule has 1 aliphatic rings. The second-order valence-corrected chi connectivity index (χ2v) is 6.06. The molecular weight excluding hydrogens is 306 g/mol. The maximum atomic E-state index is 12.1. The number of hydrogen-bond acceptors (Lipinski definition) is 3. The minimum atomic E-state index is -0.248. The van der Waals surface area contributed by atoms with Crippen molar-refractivity contribution in [1.82, 2.24) is 0 Å². The van der Waals surface area contributed by atoms with Crippen LogP contribution in [-0.4, -0.2) is 12.1 Å². The summed E-state index contributed by atoms with van der Waals surface area (Å²) in [5.41, 5.74) is 6.89. The first-order chi connectivity index (χ1) is 9.10. The van der Waals surface area contributed by atoms with Crippen LogP contribution in [0.3, 0.4) is 0 Å². The predicted octanol–water partition coefficient (Wildman–Crippen LogP) is 4.16. The molecule has 1 aliphatic carbocycles. The Bertz CT molecular complexity index is 461. The lowest BCUT2D eigenvalue weighted by Crippen LogP contribution is -2.25. The van der Waals surface area contributed by atoms with Gasteiger partial charge in [-0.1, -0.05) is 19.8 Å². The summed E-state index contributed by atoms with van der Waals surface area (Å²) in [7, 11) is 0. The molecule has 0 aliphatic heterocycles. The van der Waals surface area contributed by atoms with Crippen LogP contribution in [0, 0.1) is 5.92 Å². The zero-order chi connectivity index (χ0) is 13.8. The van der Waals surface area contributed by atoms with Gasteiger partial charge in [0.2, 0.25) is 0 Å². The summed E-state index contributed by atoms with van der Waals surface area (Å²) >= 11 is 3.33. The number of carbonyl (C=O) groups is 1. The number of nitrogen functional groups attached to an aromatic ring is 1. The van der Waals surface area contributed by atoms with Crippen LogP contribution in [0.15, 0.2) is 22.7 Å². The zero-order valence-electron chi connectivity index (χ0n) is 11.2. The molecular formula is C15H20BrNO2. The third-order valence-corrected chi connectivity index (χ3v) is 4.51. The normalized spacial score (nSPS) is 23.1. The quantitative estimate of drug-likeness (QED) is 0.670. The van der Waals surface area contributed by atoms with Crippen LogP contribution in [0.1, 0.15) is 49.4 Å². The van der Waals surface area contributed by atoms with Gasteiger partial charge in [-0.05, 0) is 59.3 Å². The number of rotatable bonds is 3. The summed E-state index contributed by atoms with van der Waals surface area (Å²) < 4.78 is 6.34. The average molecular weight is 326 g/mol. The first-order valence-corrected chi connectivity index (χ1v) is 7.65. The number of nitrogens with two attached hydrogens (primary N) is 1. The van der Waals surface area contributed by atoms with Gasteiger partial charge in [-0.3, -0.25) is 0 Å². The Balaban J connectivity index is 1.98. The topological polar surface area (TPSA) is 52.3 Å². The van der Waals surface area contributed by atoms with E-state index < -0.39 is 0 Å². The average Bonchev–Trinajstić information content (AvgIpc) is 2.42. The van der Waals surface area contributed by atoms with Crippen molar-refractivity contribution in [1.29, 1.82) is 0 Å².